The molecule has 3 saturated heterocycles. The van der Waals surface area contributed by atoms with E-state index in [9.17, 15) is 5.53 Å². The lowest BCUT2D eigenvalue weighted by molar-refractivity contribution is -0.391. The first-order valence-electron chi connectivity index (χ1n) is 23.3. The molecule has 3 heterocycles. The number of rotatable bonds is 21. The van der Waals surface area contributed by atoms with Crippen molar-refractivity contribution in [3.05, 3.63) is 220 Å². The summed E-state index contributed by atoms with van der Waals surface area (Å²) < 4.78 is 73.4. The van der Waals surface area contributed by atoms with Crippen molar-refractivity contribution in [1.82, 2.24) is 0 Å². The number of ether oxygens (including phenoxy) is 11. The molecule has 0 radical (unpaired) electrons. The van der Waals surface area contributed by atoms with Crippen molar-refractivity contribution in [2.24, 2.45) is 5.11 Å². The zero-order chi connectivity index (χ0) is 47.0. The molecule has 3 aliphatic heterocycles. The number of hydrogen-bond acceptors (Lipinski definition) is 12. The van der Waals surface area contributed by atoms with Crippen LogP contribution in [-0.2, 0) is 80.4 Å². The van der Waals surface area contributed by atoms with E-state index in [2.05, 4.69) is 10.0 Å². The van der Waals surface area contributed by atoms with Gasteiger partial charge in [-0.2, -0.15) is 0 Å². The van der Waals surface area contributed by atoms with E-state index >= 15 is 0 Å². The van der Waals surface area contributed by atoms with Crippen LogP contribution in [0.4, 0.5) is 0 Å². The molecular formula is C55H57N3O11. The summed E-state index contributed by atoms with van der Waals surface area (Å²) in [6.07, 6.45) is -8.62. The normalized spacial score (nSPS) is 26.6. The van der Waals surface area contributed by atoms with E-state index in [-0.39, 0.29) is 39.6 Å². The molecule has 3 aliphatic rings. The van der Waals surface area contributed by atoms with Crippen LogP contribution < -0.4 is 4.74 Å². The van der Waals surface area contributed by atoms with E-state index in [1.54, 1.807) is 7.11 Å². The summed E-state index contributed by atoms with van der Waals surface area (Å²) in [4.78, 5) is 3.30. The molecule has 0 saturated carbocycles. The molecule has 0 spiro atoms. The van der Waals surface area contributed by atoms with Crippen molar-refractivity contribution >= 4 is 0 Å². The number of hydrogen-bond donors (Lipinski definition) is 0. The van der Waals surface area contributed by atoms with Crippen molar-refractivity contribution in [2.75, 3.05) is 20.3 Å². The van der Waals surface area contributed by atoms with Crippen LogP contribution in [0.15, 0.2) is 181 Å². The molecule has 11 atom stereocenters. The molecule has 14 nitrogen and oxygen atoms in total. The standard InChI is InChI=1S/C55H57N3O11/c1-59-44-29-27-42(28-30-44)34-62-51-49-46(37-65-53(68-49)43-25-15-6-16-26-43)67-55(52(51)63-33-40-21-11-4-12-22-40)69-48-45(36-60-31-38-17-7-2-8-18-38)66-54(64-35-41-23-13-5-14-24-41)47(57-58-56)50(48)61-32-39-19-9-3-10-20-39/h2-30,45-55H,31-37H2,1H3/t45-,46-,47-,48-,49-,50-,51+,52+,53-,54-,55+/m1/s1. The van der Waals surface area contributed by atoms with Gasteiger partial charge in [0.05, 0.1) is 53.4 Å². The fourth-order valence-electron chi connectivity index (χ4n) is 8.72. The molecule has 0 N–H and O–H groups in total. The van der Waals surface area contributed by atoms with Gasteiger partial charge in [-0.1, -0.05) is 169 Å². The molecule has 0 aromatic heterocycles. The summed E-state index contributed by atoms with van der Waals surface area (Å²) in [6, 6.07) is 55.7. The largest absolute Gasteiger partial charge is 0.497 e. The number of benzene rings is 6. The molecular weight excluding hydrogens is 879 g/mol. The lowest BCUT2D eigenvalue weighted by atomic mass is 9.94. The molecule has 358 valence electrons. The number of methoxy groups -OCH3 is 1. The molecule has 0 aliphatic carbocycles. The van der Waals surface area contributed by atoms with E-state index in [4.69, 9.17) is 52.1 Å². The predicted octanol–water partition coefficient (Wildman–Crippen LogP) is 9.81. The smallest absolute Gasteiger partial charge is 0.187 e. The second kappa shape index (κ2) is 24.5. The molecule has 0 amide bonds. The van der Waals surface area contributed by atoms with Gasteiger partial charge in [0.25, 0.3) is 0 Å². The Balaban J connectivity index is 1.08. The fourth-order valence-corrected chi connectivity index (χ4v) is 8.72. The van der Waals surface area contributed by atoms with Crippen LogP contribution in [-0.4, -0.2) is 81.7 Å². The zero-order valence-corrected chi connectivity index (χ0v) is 38.4. The van der Waals surface area contributed by atoms with Crippen molar-refractivity contribution in [3.8, 4) is 5.75 Å². The van der Waals surface area contributed by atoms with Crippen molar-refractivity contribution < 1.29 is 52.1 Å². The van der Waals surface area contributed by atoms with Gasteiger partial charge in [-0.15, -0.1) is 0 Å². The maximum absolute atomic E-state index is 10.2. The third-order valence-electron chi connectivity index (χ3n) is 12.3. The summed E-state index contributed by atoms with van der Waals surface area (Å²) >= 11 is 0. The van der Waals surface area contributed by atoms with Crippen LogP contribution in [0.2, 0.25) is 0 Å². The first kappa shape index (κ1) is 48.1. The quantitative estimate of drug-likeness (QED) is 0.0386. The van der Waals surface area contributed by atoms with E-state index in [1.807, 2.05) is 176 Å². The van der Waals surface area contributed by atoms with E-state index in [1.165, 1.54) is 0 Å². The molecule has 0 unspecified atom stereocenters. The summed E-state index contributed by atoms with van der Waals surface area (Å²) in [5.74, 6) is 0.730. The average Bonchev–Trinajstić information content (AvgIpc) is 3.41. The molecule has 0 bridgehead atoms. The highest BCUT2D eigenvalue weighted by molar-refractivity contribution is 5.27. The van der Waals surface area contributed by atoms with E-state index < -0.39 is 67.6 Å². The Kier molecular flexibility index (Phi) is 17.1. The molecule has 6 aromatic rings. The third kappa shape index (κ3) is 12.8. The van der Waals surface area contributed by atoms with Gasteiger partial charge in [0, 0.05) is 10.5 Å². The second-order valence-corrected chi connectivity index (χ2v) is 17.0. The first-order chi connectivity index (χ1) is 34.1. The summed E-state index contributed by atoms with van der Waals surface area (Å²) in [5, 5.41) is 4.30. The zero-order valence-electron chi connectivity index (χ0n) is 38.4. The molecule has 9 rings (SSSR count). The Morgan fingerprint density at radius 3 is 1.59 bits per heavy atom. The van der Waals surface area contributed by atoms with Crippen LogP contribution >= 0.6 is 0 Å². The van der Waals surface area contributed by atoms with E-state index in [0.29, 0.717) is 6.61 Å². The Hall–Kier alpha value is -5.97. The Morgan fingerprint density at radius 2 is 1.03 bits per heavy atom. The highest BCUT2D eigenvalue weighted by Crippen LogP contribution is 2.40. The highest BCUT2D eigenvalue weighted by atomic mass is 16.8. The number of azide groups is 1. The third-order valence-corrected chi connectivity index (χ3v) is 12.3. The molecule has 3 fully saturated rings. The van der Waals surface area contributed by atoms with Gasteiger partial charge in [0.2, 0.25) is 0 Å². The summed E-state index contributed by atoms with van der Waals surface area (Å²) in [5.41, 5.74) is 15.7. The van der Waals surface area contributed by atoms with Crippen molar-refractivity contribution in [1.29, 1.82) is 0 Å². The maximum atomic E-state index is 10.2. The van der Waals surface area contributed by atoms with Crippen LogP contribution in [0.3, 0.4) is 0 Å². The Bertz CT molecular complexity index is 2470. The molecule has 14 heteroatoms. The van der Waals surface area contributed by atoms with Gasteiger partial charge in [-0.3, -0.25) is 0 Å². The lowest BCUT2D eigenvalue weighted by Crippen LogP contribution is -2.66. The van der Waals surface area contributed by atoms with Crippen molar-refractivity contribution in [3.63, 3.8) is 0 Å². The Morgan fingerprint density at radius 1 is 0.522 bits per heavy atom. The lowest BCUT2D eigenvalue weighted by Gasteiger charge is -2.51. The second-order valence-electron chi connectivity index (χ2n) is 17.0. The van der Waals surface area contributed by atoms with Crippen LogP contribution in [0.5, 0.6) is 5.75 Å². The van der Waals surface area contributed by atoms with Gasteiger partial charge in [0.1, 0.15) is 54.5 Å². The highest BCUT2D eigenvalue weighted by Gasteiger charge is 2.55. The van der Waals surface area contributed by atoms with Crippen LogP contribution in [0, 0.1) is 0 Å². The SMILES string of the molecule is COc1ccc(CO[C@@H]2[C@H](OCc3ccccc3)[C@H](O[C@H]3[C@H](OCc4ccccc4)[C@@H](N=[N+]=[N-])[C@H](OCc4ccccc4)O[C@@H]3COCc3ccccc3)O[C@@H]3CO[C@@H](c4ccccc4)O[C@@H]23)cc1. The van der Waals surface area contributed by atoms with Gasteiger partial charge < -0.3 is 52.1 Å². The summed E-state index contributed by atoms with van der Waals surface area (Å²) in [7, 11) is 1.63. The van der Waals surface area contributed by atoms with Crippen LogP contribution in [0.25, 0.3) is 10.4 Å². The van der Waals surface area contributed by atoms with Gasteiger partial charge in [0.15, 0.2) is 18.9 Å². The first-order valence-corrected chi connectivity index (χ1v) is 23.3. The minimum absolute atomic E-state index is 0.0512. The fraction of sp³-hybridized carbons (Fsp3) is 0.345. The number of fused-ring (bicyclic) bond motifs is 1. The topological polar surface area (TPSA) is 150 Å². The molecule has 69 heavy (non-hydrogen) atoms. The average molecular weight is 936 g/mol. The van der Waals surface area contributed by atoms with Gasteiger partial charge >= 0.3 is 0 Å². The Labute approximate surface area is 402 Å². The van der Waals surface area contributed by atoms with Gasteiger partial charge in [-0.25, -0.2) is 0 Å². The van der Waals surface area contributed by atoms with E-state index in [0.717, 1.165) is 39.1 Å². The minimum Gasteiger partial charge on any atom is -0.497 e. The minimum atomic E-state index is -1.13. The number of nitrogens with zero attached hydrogens (tertiary/aromatic N) is 3. The maximum Gasteiger partial charge on any atom is 0.187 e. The van der Waals surface area contributed by atoms with Crippen LogP contribution in [0.1, 0.15) is 39.7 Å². The molecule has 6 aromatic carbocycles. The monoisotopic (exact) mass is 935 g/mol. The predicted molar refractivity (Wildman–Crippen MR) is 254 cm³/mol. The van der Waals surface area contributed by atoms with Gasteiger partial charge in [-0.05, 0) is 45.5 Å². The van der Waals surface area contributed by atoms with Crippen molar-refractivity contribution in [2.45, 2.75) is 101 Å². The summed E-state index contributed by atoms with van der Waals surface area (Å²) in [6.45, 7) is 1.25.